The molecule has 1 heterocycles. The van der Waals surface area contributed by atoms with E-state index in [1.165, 1.54) is 7.05 Å². The molecule has 0 atom stereocenters. The molecule has 1 amide bonds. The lowest BCUT2D eigenvalue weighted by Crippen LogP contribution is -2.18. The third-order valence-corrected chi connectivity index (χ3v) is 2.67. The monoisotopic (exact) mass is 301 g/mol. The van der Waals surface area contributed by atoms with Crippen molar-refractivity contribution in [3.63, 3.8) is 0 Å². The second-order valence-electron chi connectivity index (χ2n) is 3.46. The third kappa shape index (κ3) is 3.36. The lowest BCUT2D eigenvalue weighted by atomic mass is 10.3. The van der Waals surface area contributed by atoms with Crippen molar-refractivity contribution >= 4 is 29.1 Å². The molecule has 0 radical (unpaired) electrons. The van der Waals surface area contributed by atoms with Gasteiger partial charge >= 0.3 is 11.8 Å². The number of benzene rings is 1. The summed E-state index contributed by atoms with van der Waals surface area (Å²) in [5, 5.41) is 6.87. The SMILES string of the molecule is CNC(=O)c1nc(COc2ccc(Cl)cc2Cl)no1. The Morgan fingerprint density at radius 1 is 1.47 bits per heavy atom. The smallest absolute Gasteiger partial charge is 0.316 e. The fraction of sp³-hybridized carbons (Fsp3) is 0.182. The first-order chi connectivity index (χ1) is 9.10. The van der Waals surface area contributed by atoms with Crippen LogP contribution in [-0.4, -0.2) is 23.1 Å². The van der Waals surface area contributed by atoms with Crippen LogP contribution in [0.2, 0.25) is 10.0 Å². The fourth-order valence-electron chi connectivity index (χ4n) is 1.25. The summed E-state index contributed by atoms with van der Waals surface area (Å²) in [6.07, 6.45) is 0. The van der Waals surface area contributed by atoms with Crippen LogP contribution < -0.4 is 10.1 Å². The zero-order valence-electron chi connectivity index (χ0n) is 9.81. The van der Waals surface area contributed by atoms with E-state index in [0.29, 0.717) is 15.8 Å². The van der Waals surface area contributed by atoms with E-state index in [1.54, 1.807) is 18.2 Å². The molecule has 100 valence electrons. The van der Waals surface area contributed by atoms with E-state index in [-0.39, 0.29) is 18.3 Å². The number of hydrogen-bond acceptors (Lipinski definition) is 5. The average molecular weight is 302 g/mol. The number of carbonyl (C=O) groups excluding carboxylic acids is 1. The van der Waals surface area contributed by atoms with Crippen LogP contribution in [0.5, 0.6) is 5.75 Å². The Labute approximate surface area is 118 Å². The number of ether oxygens (including phenoxy) is 1. The van der Waals surface area contributed by atoms with E-state index in [0.717, 1.165) is 0 Å². The van der Waals surface area contributed by atoms with Crippen molar-refractivity contribution in [3.8, 4) is 5.75 Å². The molecule has 2 rings (SSSR count). The van der Waals surface area contributed by atoms with Gasteiger partial charge in [0.15, 0.2) is 6.61 Å². The quantitative estimate of drug-likeness (QED) is 0.937. The summed E-state index contributed by atoms with van der Waals surface area (Å²) in [6, 6.07) is 4.84. The van der Waals surface area contributed by atoms with Crippen LogP contribution >= 0.6 is 23.2 Å². The Bertz CT molecular complexity index is 601. The second kappa shape index (κ2) is 5.90. The molecule has 0 fully saturated rings. The van der Waals surface area contributed by atoms with Crippen molar-refractivity contribution in [2.75, 3.05) is 7.05 Å². The van der Waals surface area contributed by atoms with Crippen LogP contribution in [0.15, 0.2) is 22.7 Å². The normalized spacial score (nSPS) is 10.3. The molecule has 0 saturated heterocycles. The van der Waals surface area contributed by atoms with Crippen molar-refractivity contribution in [1.82, 2.24) is 15.5 Å². The summed E-state index contributed by atoms with van der Waals surface area (Å²) in [5.41, 5.74) is 0. The zero-order chi connectivity index (χ0) is 13.8. The van der Waals surface area contributed by atoms with E-state index in [4.69, 9.17) is 32.5 Å². The maximum Gasteiger partial charge on any atom is 0.316 e. The lowest BCUT2D eigenvalue weighted by molar-refractivity contribution is 0.0919. The fourth-order valence-corrected chi connectivity index (χ4v) is 1.71. The molecule has 1 N–H and O–H groups in total. The van der Waals surface area contributed by atoms with Gasteiger partial charge in [0.1, 0.15) is 5.75 Å². The molecule has 0 spiro atoms. The zero-order valence-corrected chi connectivity index (χ0v) is 11.3. The molecule has 0 aliphatic rings. The largest absolute Gasteiger partial charge is 0.484 e. The molecule has 1 aromatic heterocycles. The van der Waals surface area contributed by atoms with Gasteiger partial charge in [-0.15, -0.1) is 0 Å². The number of nitrogens with one attached hydrogen (secondary N) is 1. The lowest BCUT2D eigenvalue weighted by Gasteiger charge is -2.05. The molecule has 19 heavy (non-hydrogen) atoms. The highest BCUT2D eigenvalue weighted by Crippen LogP contribution is 2.27. The Balaban J connectivity index is 2.02. The van der Waals surface area contributed by atoms with Crippen LogP contribution in [-0.2, 0) is 6.61 Å². The van der Waals surface area contributed by atoms with Crippen LogP contribution in [0.25, 0.3) is 0 Å². The standard InChI is InChI=1S/C11H9Cl2N3O3/c1-14-10(17)11-15-9(16-19-11)5-18-8-3-2-6(12)4-7(8)13/h2-4H,5H2,1H3,(H,14,17). The number of aromatic nitrogens is 2. The van der Waals surface area contributed by atoms with Crippen molar-refractivity contribution in [3.05, 3.63) is 40.0 Å². The molecule has 0 saturated carbocycles. The van der Waals surface area contributed by atoms with E-state index in [2.05, 4.69) is 15.5 Å². The van der Waals surface area contributed by atoms with Crippen LogP contribution in [0.1, 0.15) is 16.5 Å². The van der Waals surface area contributed by atoms with Gasteiger partial charge < -0.3 is 14.6 Å². The molecular formula is C11H9Cl2N3O3. The van der Waals surface area contributed by atoms with Crippen molar-refractivity contribution in [2.45, 2.75) is 6.61 Å². The van der Waals surface area contributed by atoms with Gasteiger partial charge in [-0.25, -0.2) is 0 Å². The first kappa shape index (κ1) is 13.6. The van der Waals surface area contributed by atoms with Gasteiger partial charge in [-0.3, -0.25) is 4.79 Å². The molecule has 0 bridgehead atoms. The van der Waals surface area contributed by atoms with Gasteiger partial charge in [-0.1, -0.05) is 28.4 Å². The summed E-state index contributed by atoms with van der Waals surface area (Å²) >= 11 is 11.7. The molecule has 0 unspecified atom stereocenters. The molecular weight excluding hydrogens is 293 g/mol. The number of rotatable bonds is 4. The van der Waals surface area contributed by atoms with Gasteiger partial charge in [0, 0.05) is 12.1 Å². The Morgan fingerprint density at radius 2 is 2.26 bits per heavy atom. The molecule has 1 aromatic carbocycles. The Hall–Kier alpha value is -1.79. The van der Waals surface area contributed by atoms with Crippen LogP contribution in [0.3, 0.4) is 0 Å². The summed E-state index contributed by atoms with van der Waals surface area (Å²) in [4.78, 5) is 15.1. The molecule has 0 aliphatic heterocycles. The number of halogens is 2. The summed E-state index contributed by atoms with van der Waals surface area (Å²) < 4.78 is 10.1. The number of hydrogen-bond donors (Lipinski definition) is 1. The summed E-state index contributed by atoms with van der Waals surface area (Å²) in [5.74, 6) is 0.105. The average Bonchev–Trinajstić information content (AvgIpc) is 2.85. The second-order valence-corrected chi connectivity index (χ2v) is 4.30. The predicted octanol–water partition coefficient (Wildman–Crippen LogP) is 2.32. The van der Waals surface area contributed by atoms with E-state index >= 15 is 0 Å². The van der Waals surface area contributed by atoms with Gasteiger partial charge in [0.05, 0.1) is 5.02 Å². The Morgan fingerprint density at radius 3 is 2.95 bits per heavy atom. The third-order valence-electron chi connectivity index (χ3n) is 2.14. The minimum atomic E-state index is -0.455. The first-order valence-electron chi connectivity index (χ1n) is 5.22. The molecule has 0 aliphatic carbocycles. The number of carbonyl (C=O) groups is 1. The predicted molar refractivity (Wildman–Crippen MR) is 68.5 cm³/mol. The van der Waals surface area contributed by atoms with Crippen molar-refractivity contribution in [1.29, 1.82) is 0 Å². The highest BCUT2D eigenvalue weighted by Gasteiger charge is 2.14. The molecule has 6 nitrogen and oxygen atoms in total. The van der Waals surface area contributed by atoms with Crippen molar-refractivity contribution in [2.24, 2.45) is 0 Å². The van der Waals surface area contributed by atoms with Gasteiger partial charge in [0.25, 0.3) is 0 Å². The maximum atomic E-state index is 11.2. The molecule has 8 heteroatoms. The highest BCUT2D eigenvalue weighted by atomic mass is 35.5. The number of nitrogens with zero attached hydrogens (tertiary/aromatic N) is 2. The van der Waals surface area contributed by atoms with E-state index in [1.807, 2.05) is 0 Å². The highest BCUT2D eigenvalue weighted by molar-refractivity contribution is 6.35. The summed E-state index contributed by atoms with van der Waals surface area (Å²) in [7, 11) is 1.47. The van der Waals surface area contributed by atoms with Crippen LogP contribution in [0, 0.1) is 0 Å². The minimum Gasteiger partial charge on any atom is -0.484 e. The maximum absolute atomic E-state index is 11.2. The number of amides is 1. The van der Waals surface area contributed by atoms with E-state index < -0.39 is 5.91 Å². The van der Waals surface area contributed by atoms with E-state index in [9.17, 15) is 4.79 Å². The first-order valence-corrected chi connectivity index (χ1v) is 5.98. The van der Waals surface area contributed by atoms with Gasteiger partial charge in [-0.2, -0.15) is 4.98 Å². The van der Waals surface area contributed by atoms with Crippen molar-refractivity contribution < 1.29 is 14.1 Å². The minimum absolute atomic E-state index is 0.0296. The van der Waals surface area contributed by atoms with Crippen LogP contribution in [0.4, 0.5) is 0 Å². The topological polar surface area (TPSA) is 77.2 Å². The summed E-state index contributed by atoms with van der Waals surface area (Å²) in [6.45, 7) is 0.0296. The van der Waals surface area contributed by atoms with Gasteiger partial charge in [0.2, 0.25) is 5.82 Å². The Kier molecular flexibility index (Phi) is 4.24. The van der Waals surface area contributed by atoms with Gasteiger partial charge in [-0.05, 0) is 18.2 Å². The molecule has 2 aromatic rings.